The Bertz CT molecular complexity index is 646. The van der Waals surface area contributed by atoms with Crippen molar-refractivity contribution < 1.29 is 14.5 Å². The van der Waals surface area contributed by atoms with Gasteiger partial charge in [0.05, 0.1) is 12.0 Å². The molecule has 0 saturated heterocycles. The van der Waals surface area contributed by atoms with Crippen molar-refractivity contribution in [3.63, 3.8) is 0 Å². The molecule has 0 N–H and O–H groups in total. The molecule has 0 saturated carbocycles. The molecule has 2 aromatic rings. The van der Waals surface area contributed by atoms with E-state index in [9.17, 15) is 14.9 Å². The standard InChI is InChI=1S/C13H10N2O4S/c1-19-13(16)10-7-8-11(15(17)18)12(14-10)20-9-5-3-2-4-6-9/h2-8H,1H3. The van der Waals surface area contributed by atoms with E-state index in [1.165, 1.54) is 19.2 Å². The first kappa shape index (κ1) is 14.0. The van der Waals surface area contributed by atoms with Gasteiger partial charge in [0.25, 0.3) is 0 Å². The van der Waals surface area contributed by atoms with E-state index < -0.39 is 10.9 Å². The molecule has 0 bridgehead atoms. The minimum atomic E-state index is -0.630. The third-order valence-electron chi connectivity index (χ3n) is 2.39. The van der Waals surface area contributed by atoms with Crippen LogP contribution in [0.25, 0.3) is 0 Å². The van der Waals surface area contributed by atoms with Crippen LogP contribution in [-0.2, 0) is 4.74 Å². The summed E-state index contributed by atoms with van der Waals surface area (Å²) >= 11 is 1.12. The fourth-order valence-electron chi connectivity index (χ4n) is 1.47. The van der Waals surface area contributed by atoms with Crippen LogP contribution in [0.5, 0.6) is 0 Å². The Morgan fingerprint density at radius 3 is 2.55 bits per heavy atom. The highest BCUT2D eigenvalue weighted by Crippen LogP contribution is 2.33. The van der Waals surface area contributed by atoms with Gasteiger partial charge in [0.1, 0.15) is 5.69 Å². The van der Waals surface area contributed by atoms with Gasteiger partial charge in [0, 0.05) is 11.0 Å². The number of ether oxygens (including phenoxy) is 1. The third kappa shape index (κ3) is 3.12. The van der Waals surface area contributed by atoms with Gasteiger partial charge in [0.15, 0.2) is 5.03 Å². The molecule has 6 nitrogen and oxygen atoms in total. The molecule has 0 amide bonds. The summed E-state index contributed by atoms with van der Waals surface area (Å²) < 4.78 is 4.56. The second-order valence-electron chi connectivity index (χ2n) is 3.68. The average molecular weight is 290 g/mol. The van der Waals surface area contributed by atoms with E-state index in [0.717, 1.165) is 16.7 Å². The second kappa shape index (κ2) is 6.16. The third-order valence-corrected chi connectivity index (χ3v) is 3.39. The molecule has 0 unspecified atom stereocenters. The number of hydrogen-bond donors (Lipinski definition) is 0. The summed E-state index contributed by atoms with van der Waals surface area (Å²) in [6.07, 6.45) is 0. The summed E-state index contributed by atoms with van der Waals surface area (Å²) in [6.45, 7) is 0. The minimum absolute atomic E-state index is 0.0385. The lowest BCUT2D eigenvalue weighted by molar-refractivity contribution is -0.388. The number of rotatable bonds is 4. The number of pyridine rings is 1. The fourth-order valence-corrected chi connectivity index (χ4v) is 2.37. The van der Waals surface area contributed by atoms with Crippen LogP contribution in [0.3, 0.4) is 0 Å². The van der Waals surface area contributed by atoms with Gasteiger partial charge in [0.2, 0.25) is 0 Å². The van der Waals surface area contributed by atoms with E-state index in [-0.39, 0.29) is 16.4 Å². The number of benzene rings is 1. The predicted molar refractivity (Wildman–Crippen MR) is 72.8 cm³/mol. The zero-order valence-corrected chi connectivity index (χ0v) is 11.3. The van der Waals surface area contributed by atoms with Gasteiger partial charge >= 0.3 is 11.7 Å². The smallest absolute Gasteiger partial charge is 0.356 e. The molecule has 0 aliphatic rings. The monoisotopic (exact) mass is 290 g/mol. The maximum Gasteiger partial charge on any atom is 0.356 e. The van der Waals surface area contributed by atoms with Gasteiger partial charge in [-0.05, 0) is 18.2 Å². The Balaban J connectivity index is 2.42. The van der Waals surface area contributed by atoms with Crippen molar-refractivity contribution in [1.82, 2.24) is 4.98 Å². The maximum atomic E-state index is 11.4. The zero-order chi connectivity index (χ0) is 14.5. The van der Waals surface area contributed by atoms with Gasteiger partial charge < -0.3 is 4.74 Å². The van der Waals surface area contributed by atoms with Crippen molar-refractivity contribution in [3.05, 3.63) is 58.3 Å². The zero-order valence-electron chi connectivity index (χ0n) is 10.5. The first-order chi connectivity index (χ1) is 9.61. The normalized spacial score (nSPS) is 10.1. The van der Waals surface area contributed by atoms with Gasteiger partial charge in [-0.15, -0.1) is 0 Å². The molecule has 1 aromatic carbocycles. The van der Waals surface area contributed by atoms with Crippen molar-refractivity contribution in [3.8, 4) is 0 Å². The summed E-state index contributed by atoms with van der Waals surface area (Å²) in [5.41, 5.74) is -0.108. The van der Waals surface area contributed by atoms with E-state index in [0.29, 0.717) is 0 Å². The maximum absolute atomic E-state index is 11.4. The topological polar surface area (TPSA) is 82.3 Å². The van der Waals surface area contributed by atoms with E-state index in [1.807, 2.05) is 18.2 Å². The number of esters is 1. The van der Waals surface area contributed by atoms with Crippen LogP contribution in [0, 0.1) is 10.1 Å². The molecule has 1 aromatic heterocycles. The van der Waals surface area contributed by atoms with Crippen LogP contribution >= 0.6 is 11.8 Å². The number of carbonyl (C=O) groups is 1. The van der Waals surface area contributed by atoms with Crippen molar-refractivity contribution in [2.45, 2.75) is 9.92 Å². The Hall–Kier alpha value is -2.41. The van der Waals surface area contributed by atoms with E-state index in [1.54, 1.807) is 12.1 Å². The number of hydrogen-bond acceptors (Lipinski definition) is 6. The van der Waals surface area contributed by atoms with E-state index >= 15 is 0 Å². The molecule has 1 heterocycles. The highest BCUT2D eigenvalue weighted by atomic mass is 32.2. The highest BCUT2D eigenvalue weighted by molar-refractivity contribution is 7.99. The lowest BCUT2D eigenvalue weighted by Crippen LogP contribution is -2.06. The molecule has 7 heteroatoms. The lowest BCUT2D eigenvalue weighted by Gasteiger charge is -2.04. The van der Waals surface area contributed by atoms with E-state index in [4.69, 9.17) is 0 Å². The van der Waals surface area contributed by atoms with Gasteiger partial charge in [-0.3, -0.25) is 10.1 Å². The molecule has 0 atom stereocenters. The Morgan fingerprint density at radius 1 is 1.25 bits per heavy atom. The molecule has 0 spiro atoms. The summed E-state index contributed by atoms with van der Waals surface area (Å²) in [4.78, 5) is 26.7. The van der Waals surface area contributed by atoms with Crippen molar-refractivity contribution in [2.75, 3.05) is 7.11 Å². The summed E-state index contributed by atoms with van der Waals surface area (Å²) in [6, 6.07) is 11.6. The molecular weight excluding hydrogens is 280 g/mol. The second-order valence-corrected chi connectivity index (χ2v) is 4.75. The first-order valence-electron chi connectivity index (χ1n) is 5.58. The first-order valence-corrected chi connectivity index (χ1v) is 6.40. The molecule has 2 rings (SSSR count). The summed E-state index contributed by atoms with van der Waals surface area (Å²) in [5, 5.41) is 11.2. The number of nitro groups is 1. The molecular formula is C13H10N2O4S. The molecule has 102 valence electrons. The van der Waals surface area contributed by atoms with Crippen molar-refractivity contribution in [2.24, 2.45) is 0 Å². The van der Waals surface area contributed by atoms with Crippen molar-refractivity contribution in [1.29, 1.82) is 0 Å². The Kier molecular flexibility index (Phi) is 4.31. The van der Waals surface area contributed by atoms with Crippen LogP contribution in [0.1, 0.15) is 10.5 Å². The lowest BCUT2D eigenvalue weighted by atomic mass is 10.3. The number of methoxy groups -OCH3 is 1. The summed E-state index contributed by atoms with van der Waals surface area (Å²) in [5.74, 6) is -0.630. The largest absolute Gasteiger partial charge is 0.464 e. The number of aromatic nitrogens is 1. The van der Waals surface area contributed by atoms with Crippen LogP contribution in [0.2, 0.25) is 0 Å². The fraction of sp³-hybridized carbons (Fsp3) is 0.0769. The summed E-state index contributed by atoms with van der Waals surface area (Å²) in [7, 11) is 1.23. The van der Waals surface area contributed by atoms with Crippen LogP contribution in [0.4, 0.5) is 5.69 Å². The van der Waals surface area contributed by atoms with Gasteiger partial charge in [-0.2, -0.15) is 0 Å². The molecule has 0 radical (unpaired) electrons. The van der Waals surface area contributed by atoms with E-state index in [2.05, 4.69) is 9.72 Å². The molecule has 0 aliphatic carbocycles. The van der Waals surface area contributed by atoms with Crippen molar-refractivity contribution >= 4 is 23.4 Å². The van der Waals surface area contributed by atoms with Crippen LogP contribution < -0.4 is 0 Å². The minimum Gasteiger partial charge on any atom is -0.464 e. The van der Waals surface area contributed by atoms with Gasteiger partial charge in [-0.1, -0.05) is 30.0 Å². The molecule has 0 fully saturated rings. The van der Waals surface area contributed by atoms with Crippen LogP contribution in [-0.4, -0.2) is 23.0 Å². The highest BCUT2D eigenvalue weighted by Gasteiger charge is 2.19. The van der Waals surface area contributed by atoms with Crippen LogP contribution in [0.15, 0.2) is 52.4 Å². The molecule has 0 aliphatic heterocycles. The SMILES string of the molecule is COC(=O)c1ccc([N+](=O)[O-])c(Sc2ccccc2)n1. The Morgan fingerprint density at radius 2 is 1.95 bits per heavy atom. The quantitative estimate of drug-likeness (QED) is 0.489. The average Bonchev–Trinajstić information content (AvgIpc) is 2.47. The Labute approximate surface area is 118 Å². The number of nitrogens with zero attached hydrogens (tertiary/aromatic N) is 2. The number of carbonyl (C=O) groups excluding carboxylic acids is 1. The predicted octanol–water partition coefficient (Wildman–Crippen LogP) is 2.93. The molecule has 20 heavy (non-hydrogen) atoms. The van der Waals surface area contributed by atoms with Gasteiger partial charge in [-0.25, -0.2) is 9.78 Å².